The van der Waals surface area contributed by atoms with Crippen LogP contribution in [0.5, 0.6) is 0 Å². The van der Waals surface area contributed by atoms with Gasteiger partial charge in [0.25, 0.3) is 0 Å². The lowest BCUT2D eigenvalue weighted by atomic mass is 10.0. The Labute approximate surface area is 427 Å². The van der Waals surface area contributed by atoms with E-state index in [1.54, 1.807) is 0 Å². The molecular weight excluding hydrogens is 882 g/mol. The normalized spacial score (nSPS) is 13.2. The lowest BCUT2D eigenvalue weighted by molar-refractivity contribution is -0.161. The maximum atomic E-state index is 12.7. The Morgan fingerprint density at radius 1 is 0.435 bits per heavy atom. The van der Waals surface area contributed by atoms with Crippen LogP contribution in [0.15, 0.2) is 24.3 Å². The second-order valence-corrected chi connectivity index (χ2v) is 21.7. The molecular formula is C59H114NO8P. The topological polar surface area (TPSA) is 134 Å². The molecule has 0 aliphatic heterocycles. The monoisotopic (exact) mass is 996 g/mol. The summed E-state index contributed by atoms with van der Waals surface area (Å²) in [6, 6.07) is 0. The average Bonchev–Trinajstić information content (AvgIpc) is 3.34. The van der Waals surface area contributed by atoms with Crippen molar-refractivity contribution in [2.75, 3.05) is 26.4 Å². The quantitative estimate of drug-likeness (QED) is 0.0264. The first kappa shape index (κ1) is 67.5. The molecule has 0 heterocycles. The van der Waals surface area contributed by atoms with Gasteiger partial charge in [0.05, 0.1) is 13.2 Å². The molecule has 9 nitrogen and oxygen atoms in total. The lowest BCUT2D eigenvalue weighted by Crippen LogP contribution is -2.29. The highest BCUT2D eigenvalue weighted by molar-refractivity contribution is 7.47. The molecule has 0 aromatic heterocycles. The third-order valence-corrected chi connectivity index (χ3v) is 14.3. The van der Waals surface area contributed by atoms with E-state index < -0.39 is 26.5 Å². The van der Waals surface area contributed by atoms with Crippen LogP contribution in [0.2, 0.25) is 0 Å². The molecule has 0 aliphatic carbocycles. The lowest BCUT2D eigenvalue weighted by Gasteiger charge is -2.19. The van der Waals surface area contributed by atoms with E-state index in [0.29, 0.717) is 6.42 Å². The first-order chi connectivity index (χ1) is 33.8. The van der Waals surface area contributed by atoms with Crippen LogP contribution < -0.4 is 5.73 Å². The number of carbonyl (C=O) groups is 2. The minimum absolute atomic E-state index is 0.0559. The molecule has 408 valence electrons. The summed E-state index contributed by atoms with van der Waals surface area (Å²) in [4.78, 5) is 35.2. The number of nitrogens with two attached hydrogens (primary N) is 1. The predicted octanol–water partition coefficient (Wildman–Crippen LogP) is 18.6. The third-order valence-electron chi connectivity index (χ3n) is 13.3. The van der Waals surface area contributed by atoms with Crippen LogP contribution in [0.3, 0.4) is 0 Å². The Kier molecular flexibility index (Phi) is 54.6. The van der Waals surface area contributed by atoms with E-state index in [1.807, 2.05) is 0 Å². The SMILES string of the molecule is CCCCCCC/C=C\C/C=C\CCCCCCCCCCCCCCCC(=O)OC(COC(=O)CCCCCCCCCCCCCCCCCCCCCCCCC)COP(=O)(O)OCCN. The van der Waals surface area contributed by atoms with E-state index in [2.05, 4.69) is 38.2 Å². The van der Waals surface area contributed by atoms with Gasteiger partial charge >= 0.3 is 19.8 Å². The Bertz CT molecular complexity index is 1180. The van der Waals surface area contributed by atoms with Crippen molar-refractivity contribution in [3.63, 3.8) is 0 Å². The molecule has 0 aromatic carbocycles. The van der Waals surface area contributed by atoms with E-state index in [1.165, 1.54) is 231 Å². The number of allylic oxidation sites excluding steroid dienone is 4. The van der Waals surface area contributed by atoms with E-state index in [0.717, 1.165) is 44.9 Å². The summed E-state index contributed by atoms with van der Waals surface area (Å²) < 4.78 is 33.1. The second kappa shape index (κ2) is 55.8. The van der Waals surface area contributed by atoms with Gasteiger partial charge in [-0.1, -0.05) is 276 Å². The molecule has 0 aromatic rings. The summed E-state index contributed by atoms with van der Waals surface area (Å²) in [7, 11) is -4.38. The second-order valence-electron chi connectivity index (χ2n) is 20.2. The van der Waals surface area contributed by atoms with Crippen molar-refractivity contribution in [2.45, 2.75) is 315 Å². The van der Waals surface area contributed by atoms with Crippen LogP contribution in [0.4, 0.5) is 0 Å². The third kappa shape index (κ3) is 55.7. The molecule has 2 atom stereocenters. The molecule has 0 rings (SSSR count). The van der Waals surface area contributed by atoms with Gasteiger partial charge in [0.2, 0.25) is 0 Å². The van der Waals surface area contributed by atoms with Gasteiger partial charge in [0, 0.05) is 19.4 Å². The van der Waals surface area contributed by atoms with Gasteiger partial charge in [-0.15, -0.1) is 0 Å². The fourth-order valence-corrected chi connectivity index (χ4v) is 9.67. The minimum atomic E-state index is -4.38. The van der Waals surface area contributed by atoms with E-state index in [4.69, 9.17) is 24.3 Å². The Hall–Kier alpha value is -1.51. The molecule has 3 N–H and O–H groups in total. The summed E-state index contributed by atoms with van der Waals surface area (Å²) in [5.74, 6) is -0.810. The molecule has 10 heteroatoms. The molecule has 69 heavy (non-hydrogen) atoms. The molecule has 0 saturated heterocycles. The van der Waals surface area contributed by atoms with Crippen molar-refractivity contribution in [1.29, 1.82) is 0 Å². The number of rotatable bonds is 57. The number of unbranched alkanes of at least 4 members (excludes halogenated alkanes) is 40. The van der Waals surface area contributed by atoms with Gasteiger partial charge in [-0.25, -0.2) is 4.57 Å². The number of ether oxygens (including phenoxy) is 2. The van der Waals surface area contributed by atoms with Gasteiger partial charge in [0.1, 0.15) is 6.61 Å². The van der Waals surface area contributed by atoms with Crippen molar-refractivity contribution < 1.29 is 37.6 Å². The van der Waals surface area contributed by atoms with E-state index in [9.17, 15) is 19.0 Å². The van der Waals surface area contributed by atoms with Gasteiger partial charge in [-0.2, -0.15) is 0 Å². The smallest absolute Gasteiger partial charge is 0.462 e. The number of esters is 2. The molecule has 0 amide bonds. The summed E-state index contributed by atoms with van der Waals surface area (Å²) in [6.45, 7) is 3.80. The van der Waals surface area contributed by atoms with E-state index in [-0.39, 0.29) is 38.6 Å². The zero-order valence-electron chi connectivity index (χ0n) is 45.6. The van der Waals surface area contributed by atoms with E-state index >= 15 is 0 Å². The van der Waals surface area contributed by atoms with Crippen molar-refractivity contribution in [3.8, 4) is 0 Å². The number of carbonyl (C=O) groups excluding carboxylic acids is 2. The van der Waals surface area contributed by atoms with Crippen LogP contribution in [-0.2, 0) is 32.7 Å². The van der Waals surface area contributed by atoms with Crippen LogP contribution in [0, 0.1) is 0 Å². The van der Waals surface area contributed by atoms with Gasteiger partial charge in [0.15, 0.2) is 6.10 Å². The molecule has 0 saturated carbocycles. The van der Waals surface area contributed by atoms with Crippen LogP contribution >= 0.6 is 7.82 Å². The Balaban J connectivity index is 3.92. The van der Waals surface area contributed by atoms with Gasteiger partial charge in [-0.05, 0) is 44.9 Å². The molecule has 0 spiro atoms. The number of hydrogen-bond acceptors (Lipinski definition) is 8. The van der Waals surface area contributed by atoms with Crippen LogP contribution in [-0.4, -0.2) is 49.3 Å². The Morgan fingerprint density at radius 2 is 0.754 bits per heavy atom. The maximum absolute atomic E-state index is 12.7. The molecule has 0 aliphatic rings. The first-order valence-corrected chi connectivity index (χ1v) is 31.3. The fourth-order valence-electron chi connectivity index (χ4n) is 8.91. The van der Waals surface area contributed by atoms with Gasteiger partial charge in [-0.3, -0.25) is 18.6 Å². The Morgan fingerprint density at radius 3 is 1.10 bits per heavy atom. The molecule has 0 radical (unpaired) electrons. The minimum Gasteiger partial charge on any atom is -0.462 e. The zero-order valence-corrected chi connectivity index (χ0v) is 46.5. The van der Waals surface area contributed by atoms with Crippen LogP contribution in [0.25, 0.3) is 0 Å². The maximum Gasteiger partial charge on any atom is 0.472 e. The standard InChI is InChI=1S/C59H114NO8P/c1-3-5-7-9-11-13-15-17-19-21-23-25-27-28-30-32-34-36-38-40-42-44-46-48-50-52-59(62)68-57(56-67-69(63,64)66-54-53-60)55-65-58(61)51-49-47-45-43-41-39-37-35-33-31-29-26-24-22-20-18-16-14-12-10-8-6-4-2/h15,17,21,23,57H,3-14,16,18-20,22,24-56,60H2,1-2H3,(H,63,64)/b17-15-,23-21-. The van der Waals surface area contributed by atoms with Crippen molar-refractivity contribution in [1.82, 2.24) is 0 Å². The summed E-state index contributed by atoms with van der Waals surface area (Å²) in [6.07, 6.45) is 65.2. The number of hydrogen-bond donors (Lipinski definition) is 2. The molecule has 0 fully saturated rings. The zero-order chi connectivity index (χ0) is 50.2. The van der Waals surface area contributed by atoms with Crippen LogP contribution in [0.1, 0.15) is 309 Å². The average molecular weight is 997 g/mol. The first-order valence-electron chi connectivity index (χ1n) is 29.8. The summed E-state index contributed by atoms with van der Waals surface area (Å²) >= 11 is 0. The van der Waals surface area contributed by atoms with Crippen molar-refractivity contribution >= 4 is 19.8 Å². The highest BCUT2D eigenvalue weighted by Gasteiger charge is 2.26. The van der Waals surface area contributed by atoms with Gasteiger partial charge < -0.3 is 20.1 Å². The molecule has 0 bridgehead atoms. The highest BCUT2D eigenvalue weighted by atomic mass is 31.2. The number of phosphoric acid groups is 1. The highest BCUT2D eigenvalue weighted by Crippen LogP contribution is 2.43. The summed E-state index contributed by atoms with van der Waals surface area (Å²) in [5, 5.41) is 0. The largest absolute Gasteiger partial charge is 0.472 e. The molecule has 2 unspecified atom stereocenters. The number of phosphoric ester groups is 1. The van der Waals surface area contributed by atoms with Crippen molar-refractivity contribution in [3.05, 3.63) is 24.3 Å². The predicted molar refractivity (Wildman–Crippen MR) is 294 cm³/mol. The summed E-state index contributed by atoms with van der Waals surface area (Å²) in [5.41, 5.74) is 5.39. The fraction of sp³-hybridized carbons (Fsp3) is 0.898. The van der Waals surface area contributed by atoms with Crippen molar-refractivity contribution in [2.24, 2.45) is 5.73 Å².